The Morgan fingerprint density at radius 1 is 0.789 bits per heavy atom. The molecule has 9 rings (SSSR count). The van der Waals surface area contributed by atoms with Gasteiger partial charge in [-0.3, -0.25) is 34.4 Å². The lowest BCUT2D eigenvalue weighted by Gasteiger charge is -2.34. The maximum Gasteiger partial charge on any atom is 0.262 e. The standard InChI is InChI=1S/C44H36N6O7/c1-49-37-16-17-45-25-36(37)33-11-6-26(19-39(33)49)27-7-15-41(47-23-27)57-32-20-31(21-32)56-30-9-8-28(46-24-30)5-3-2-4-18-55-29-10-12-34-35(22-29)44(54)50(43(34)53)38-13-14-40(51)48-42(38)52/h6-12,15-17,19,22-25,31-32,38H,2,4,13-14,18,20-21H2,1H3,(H,48,51,52). The van der Waals surface area contributed by atoms with Crippen molar-refractivity contribution >= 4 is 45.4 Å². The highest BCUT2D eigenvalue weighted by molar-refractivity contribution is 6.23. The summed E-state index contributed by atoms with van der Waals surface area (Å²) in [4.78, 5) is 64.0. The van der Waals surface area contributed by atoms with Gasteiger partial charge in [-0.25, -0.2) is 9.97 Å². The number of piperidine rings is 1. The predicted octanol–water partition coefficient (Wildman–Crippen LogP) is 5.78. The molecule has 1 aliphatic carbocycles. The fourth-order valence-corrected chi connectivity index (χ4v) is 7.49. The van der Waals surface area contributed by atoms with Gasteiger partial charge >= 0.3 is 0 Å². The van der Waals surface area contributed by atoms with Crippen molar-refractivity contribution in [1.82, 2.24) is 29.7 Å². The number of carbonyl (C=O) groups is 4. The van der Waals surface area contributed by atoms with Gasteiger partial charge < -0.3 is 18.8 Å². The van der Waals surface area contributed by atoms with Crippen LogP contribution in [-0.4, -0.2) is 72.9 Å². The Labute approximate surface area is 327 Å². The van der Waals surface area contributed by atoms with Crippen LogP contribution < -0.4 is 19.5 Å². The first-order valence-electron chi connectivity index (χ1n) is 18.8. The summed E-state index contributed by atoms with van der Waals surface area (Å²) < 4.78 is 20.2. The summed E-state index contributed by atoms with van der Waals surface area (Å²) in [5.41, 5.74) is 5.42. The summed E-state index contributed by atoms with van der Waals surface area (Å²) in [6, 6.07) is 19.8. The molecule has 2 aliphatic heterocycles. The third-order valence-electron chi connectivity index (χ3n) is 10.6. The number of nitrogens with zero attached hydrogens (tertiary/aromatic N) is 5. The van der Waals surface area contributed by atoms with Crippen molar-refractivity contribution in [2.45, 2.75) is 56.8 Å². The van der Waals surface area contributed by atoms with Crippen LogP contribution in [-0.2, 0) is 16.6 Å². The summed E-state index contributed by atoms with van der Waals surface area (Å²) in [5, 5.41) is 4.51. The van der Waals surface area contributed by atoms with Gasteiger partial charge in [0.1, 0.15) is 35.4 Å². The second-order valence-electron chi connectivity index (χ2n) is 14.3. The van der Waals surface area contributed by atoms with E-state index >= 15 is 0 Å². The van der Waals surface area contributed by atoms with Crippen molar-refractivity contribution in [1.29, 1.82) is 0 Å². The Morgan fingerprint density at radius 2 is 1.61 bits per heavy atom. The molecule has 284 valence electrons. The van der Waals surface area contributed by atoms with Gasteiger partial charge in [0.25, 0.3) is 11.8 Å². The van der Waals surface area contributed by atoms with Gasteiger partial charge in [0.2, 0.25) is 17.7 Å². The first-order valence-corrected chi connectivity index (χ1v) is 18.8. The Balaban J connectivity index is 0.700. The average Bonchev–Trinajstić information content (AvgIpc) is 3.64. The fourth-order valence-electron chi connectivity index (χ4n) is 7.49. The van der Waals surface area contributed by atoms with Crippen molar-refractivity contribution in [2.24, 2.45) is 7.05 Å². The van der Waals surface area contributed by atoms with E-state index < -0.39 is 29.7 Å². The fraction of sp³-hybridized carbons (Fsp3) is 0.250. The van der Waals surface area contributed by atoms with Crippen LogP contribution in [0.3, 0.4) is 0 Å². The summed E-state index contributed by atoms with van der Waals surface area (Å²) in [6.07, 6.45) is 10.2. The van der Waals surface area contributed by atoms with E-state index in [4.69, 9.17) is 14.2 Å². The number of hydrogen-bond donors (Lipinski definition) is 1. The van der Waals surface area contributed by atoms with E-state index in [9.17, 15) is 19.2 Å². The number of carbonyl (C=O) groups excluding carboxylic acids is 4. The van der Waals surface area contributed by atoms with Crippen molar-refractivity contribution in [3.63, 3.8) is 0 Å². The van der Waals surface area contributed by atoms with Crippen LogP contribution in [0.1, 0.15) is 64.9 Å². The molecule has 0 spiro atoms. The maximum absolute atomic E-state index is 13.0. The smallest absolute Gasteiger partial charge is 0.262 e. The molecule has 4 aromatic heterocycles. The lowest BCUT2D eigenvalue weighted by molar-refractivity contribution is -0.136. The Morgan fingerprint density at radius 3 is 2.42 bits per heavy atom. The molecule has 4 amide bonds. The Hall–Kier alpha value is -7.07. The van der Waals surface area contributed by atoms with E-state index in [1.807, 2.05) is 48.9 Å². The zero-order chi connectivity index (χ0) is 39.0. The minimum atomic E-state index is -1.01. The molecule has 13 heteroatoms. The summed E-state index contributed by atoms with van der Waals surface area (Å²) >= 11 is 0. The van der Waals surface area contributed by atoms with E-state index in [2.05, 4.69) is 61.9 Å². The first-order chi connectivity index (χ1) is 27.8. The van der Waals surface area contributed by atoms with Gasteiger partial charge in [-0.2, -0.15) is 0 Å². The number of amides is 4. The van der Waals surface area contributed by atoms with Crippen LogP contribution in [0.15, 0.2) is 91.5 Å². The zero-order valence-corrected chi connectivity index (χ0v) is 30.9. The highest BCUT2D eigenvalue weighted by Crippen LogP contribution is 2.34. The van der Waals surface area contributed by atoms with Crippen molar-refractivity contribution in [3.05, 3.63) is 108 Å². The highest BCUT2D eigenvalue weighted by atomic mass is 16.5. The van der Waals surface area contributed by atoms with Crippen LogP contribution in [0, 0.1) is 11.8 Å². The largest absolute Gasteiger partial charge is 0.494 e. The topological polar surface area (TPSA) is 155 Å². The summed E-state index contributed by atoms with van der Waals surface area (Å²) in [6.45, 7) is 0.349. The van der Waals surface area contributed by atoms with Gasteiger partial charge in [-0.1, -0.05) is 18.1 Å². The zero-order valence-electron chi connectivity index (χ0n) is 30.9. The van der Waals surface area contributed by atoms with Gasteiger partial charge in [0.05, 0.1) is 29.4 Å². The molecule has 6 aromatic rings. The van der Waals surface area contributed by atoms with E-state index in [-0.39, 0.29) is 36.2 Å². The van der Waals surface area contributed by atoms with Crippen molar-refractivity contribution in [3.8, 4) is 40.3 Å². The summed E-state index contributed by atoms with van der Waals surface area (Å²) in [5.74, 6) is 5.68. The third-order valence-corrected chi connectivity index (χ3v) is 10.6. The summed E-state index contributed by atoms with van der Waals surface area (Å²) in [7, 11) is 2.07. The molecule has 13 nitrogen and oxygen atoms in total. The molecule has 1 N–H and O–H groups in total. The molecule has 1 saturated carbocycles. The number of rotatable bonds is 10. The molecule has 57 heavy (non-hydrogen) atoms. The van der Waals surface area contributed by atoms with Crippen LogP contribution >= 0.6 is 0 Å². The molecule has 1 saturated heterocycles. The Bertz CT molecular complexity index is 2640. The first kappa shape index (κ1) is 35.6. The number of fused-ring (bicyclic) bond motifs is 4. The SMILES string of the molecule is Cn1c2ccncc2c2ccc(-c3ccc(OC4CC(Oc5ccc(C#CCCCOc6ccc7c(c6)C(=O)N(C6CCC(=O)NC6=O)C7=O)nc5)C4)nc3)cc21. The lowest BCUT2D eigenvalue weighted by Crippen LogP contribution is -2.54. The molecular weight excluding hydrogens is 725 g/mol. The van der Waals surface area contributed by atoms with Crippen LogP contribution in [0.25, 0.3) is 32.9 Å². The minimum absolute atomic E-state index is 0.0286. The van der Waals surface area contributed by atoms with E-state index in [0.29, 0.717) is 42.5 Å². The monoisotopic (exact) mass is 760 g/mol. The molecule has 1 atom stereocenters. The number of benzene rings is 2. The number of pyridine rings is 3. The van der Waals surface area contributed by atoms with Gasteiger partial charge in [0.15, 0.2) is 0 Å². The Kier molecular flexibility index (Phi) is 9.30. The van der Waals surface area contributed by atoms with Crippen LogP contribution in [0.4, 0.5) is 0 Å². The van der Waals surface area contributed by atoms with E-state index in [1.165, 1.54) is 17.5 Å². The predicted molar refractivity (Wildman–Crippen MR) is 208 cm³/mol. The van der Waals surface area contributed by atoms with Crippen molar-refractivity contribution < 1.29 is 33.4 Å². The molecule has 1 unspecified atom stereocenters. The third kappa shape index (κ3) is 7.02. The number of unbranched alkanes of at least 4 members (excludes halogenated alkanes) is 1. The van der Waals surface area contributed by atoms with E-state index in [0.717, 1.165) is 45.3 Å². The molecule has 2 aromatic carbocycles. The molecule has 2 fully saturated rings. The maximum atomic E-state index is 13.0. The molecule has 3 aliphatic rings. The number of ether oxygens (including phenoxy) is 3. The van der Waals surface area contributed by atoms with Crippen LogP contribution in [0.5, 0.6) is 17.4 Å². The molecule has 0 bridgehead atoms. The minimum Gasteiger partial charge on any atom is -0.494 e. The quantitative estimate of drug-likeness (QED) is 0.103. The number of aryl methyl sites for hydroxylation is 1. The van der Waals surface area contributed by atoms with Gasteiger partial charge in [-0.15, -0.1) is 0 Å². The second kappa shape index (κ2) is 14.9. The normalized spacial score (nSPS) is 18.8. The van der Waals surface area contributed by atoms with Gasteiger partial charge in [0, 0.05) is 79.2 Å². The average molecular weight is 761 g/mol. The molecular formula is C44H36N6O7. The number of nitrogens with one attached hydrogen (secondary N) is 1. The van der Waals surface area contributed by atoms with Gasteiger partial charge in [-0.05, 0) is 72.9 Å². The highest BCUT2D eigenvalue weighted by Gasteiger charge is 2.44. The molecule has 6 heterocycles. The van der Waals surface area contributed by atoms with Crippen LogP contribution in [0.2, 0.25) is 0 Å². The van der Waals surface area contributed by atoms with E-state index in [1.54, 1.807) is 12.3 Å². The number of imide groups is 2. The van der Waals surface area contributed by atoms with Crippen molar-refractivity contribution in [2.75, 3.05) is 6.61 Å². The second-order valence-corrected chi connectivity index (χ2v) is 14.3. The lowest BCUT2D eigenvalue weighted by atomic mass is 9.92. The molecule has 0 radical (unpaired) electrons. The number of hydrogen-bond acceptors (Lipinski definition) is 10. The number of aromatic nitrogens is 4.